The van der Waals surface area contributed by atoms with Crippen molar-refractivity contribution in [3.8, 4) is 0 Å². The van der Waals surface area contributed by atoms with E-state index in [1.807, 2.05) is 13.0 Å². The molecule has 1 aliphatic rings. The van der Waals surface area contributed by atoms with Gasteiger partial charge < -0.3 is 10.0 Å². The molecule has 0 amide bonds. The first-order valence-electron chi connectivity index (χ1n) is 5.99. The third-order valence-electron chi connectivity index (χ3n) is 3.29. The highest BCUT2D eigenvalue weighted by Crippen LogP contribution is 2.24. The van der Waals surface area contributed by atoms with E-state index in [2.05, 4.69) is 9.88 Å². The zero-order valence-corrected chi connectivity index (χ0v) is 10.1. The van der Waals surface area contributed by atoms with E-state index in [9.17, 15) is 9.90 Å². The highest BCUT2D eigenvalue weighted by Gasteiger charge is 2.25. The maximum absolute atomic E-state index is 10.5. The SMILES string of the molecule is CC1(O)CCCN(c2ccc(C=O)cn2)CC1. The van der Waals surface area contributed by atoms with Gasteiger partial charge in [0.2, 0.25) is 0 Å². The van der Waals surface area contributed by atoms with Gasteiger partial charge in [-0.05, 0) is 38.3 Å². The molecule has 0 radical (unpaired) electrons. The van der Waals surface area contributed by atoms with Crippen molar-refractivity contribution < 1.29 is 9.90 Å². The van der Waals surface area contributed by atoms with Gasteiger partial charge in [-0.2, -0.15) is 0 Å². The van der Waals surface area contributed by atoms with Crippen molar-refractivity contribution in [2.75, 3.05) is 18.0 Å². The van der Waals surface area contributed by atoms with E-state index in [-0.39, 0.29) is 0 Å². The van der Waals surface area contributed by atoms with Crippen LogP contribution in [0, 0.1) is 0 Å². The molecule has 1 aliphatic heterocycles. The molecule has 2 rings (SSSR count). The van der Waals surface area contributed by atoms with E-state index in [4.69, 9.17) is 0 Å². The molecule has 4 nitrogen and oxygen atoms in total. The summed E-state index contributed by atoms with van der Waals surface area (Å²) in [6.45, 7) is 3.60. The number of aliphatic hydroxyl groups is 1. The predicted octanol–water partition coefficient (Wildman–Crippen LogP) is 1.64. The largest absolute Gasteiger partial charge is 0.390 e. The Hall–Kier alpha value is -1.42. The van der Waals surface area contributed by atoms with Crippen molar-refractivity contribution in [1.82, 2.24) is 4.98 Å². The first-order valence-corrected chi connectivity index (χ1v) is 5.99. The fraction of sp³-hybridized carbons (Fsp3) is 0.538. The molecule has 1 atom stereocenters. The molecule has 92 valence electrons. The molecule has 17 heavy (non-hydrogen) atoms. The molecule has 0 bridgehead atoms. The van der Waals surface area contributed by atoms with Gasteiger partial charge in [0.1, 0.15) is 5.82 Å². The Kier molecular flexibility index (Phi) is 3.43. The fourth-order valence-corrected chi connectivity index (χ4v) is 2.15. The van der Waals surface area contributed by atoms with Crippen molar-refractivity contribution in [2.24, 2.45) is 0 Å². The van der Waals surface area contributed by atoms with Crippen LogP contribution >= 0.6 is 0 Å². The number of nitrogens with zero attached hydrogens (tertiary/aromatic N) is 2. The van der Waals surface area contributed by atoms with E-state index in [1.165, 1.54) is 0 Å². The smallest absolute Gasteiger partial charge is 0.151 e. The summed E-state index contributed by atoms with van der Waals surface area (Å²) in [5, 5.41) is 10.0. The first kappa shape index (κ1) is 12.0. The van der Waals surface area contributed by atoms with Crippen LogP contribution in [-0.2, 0) is 0 Å². The van der Waals surface area contributed by atoms with Gasteiger partial charge in [0.15, 0.2) is 6.29 Å². The summed E-state index contributed by atoms with van der Waals surface area (Å²) >= 11 is 0. The summed E-state index contributed by atoms with van der Waals surface area (Å²) in [4.78, 5) is 17.0. The monoisotopic (exact) mass is 234 g/mol. The van der Waals surface area contributed by atoms with Crippen molar-refractivity contribution in [3.05, 3.63) is 23.9 Å². The minimum atomic E-state index is -0.558. The summed E-state index contributed by atoms with van der Waals surface area (Å²) in [6, 6.07) is 3.64. The quantitative estimate of drug-likeness (QED) is 0.790. The lowest BCUT2D eigenvalue weighted by Crippen LogP contribution is -2.28. The van der Waals surface area contributed by atoms with Crippen LogP contribution in [0.3, 0.4) is 0 Å². The fourth-order valence-electron chi connectivity index (χ4n) is 2.15. The summed E-state index contributed by atoms with van der Waals surface area (Å²) in [5.41, 5.74) is 0.0351. The summed E-state index contributed by atoms with van der Waals surface area (Å²) in [6.07, 6.45) is 4.93. The minimum Gasteiger partial charge on any atom is -0.390 e. The second-order valence-electron chi connectivity index (χ2n) is 4.91. The Balaban J connectivity index is 2.08. The van der Waals surface area contributed by atoms with Gasteiger partial charge >= 0.3 is 0 Å². The Morgan fingerprint density at radius 2 is 2.24 bits per heavy atom. The van der Waals surface area contributed by atoms with Gasteiger partial charge in [-0.3, -0.25) is 4.79 Å². The van der Waals surface area contributed by atoms with Crippen molar-refractivity contribution in [3.63, 3.8) is 0 Å². The summed E-state index contributed by atoms with van der Waals surface area (Å²) in [5.74, 6) is 0.883. The number of carbonyl (C=O) groups excluding carboxylic acids is 1. The van der Waals surface area contributed by atoms with Gasteiger partial charge in [-0.1, -0.05) is 0 Å². The molecule has 0 aliphatic carbocycles. The second kappa shape index (κ2) is 4.84. The van der Waals surface area contributed by atoms with Crippen molar-refractivity contribution in [1.29, 1.82) is 0 Å². The number of carbonyl (C=O) groups is 1. The Bertz CT molecular complexity index is 387. The van der Waals surface area contributed by atoms with Crippen LogP contribution in [0.5, 0.6) is 0 Å². The molecule has 2 heterocycles. The number of anilines is 1. The molecule has 1 N–H and O–H groups in total. The van der Waals surface area contributed by atoms with E-state index in [1.54, 1.807) is 12.3 Å². The second-order valence-corrected chi connectivity index (χ2v) is 4.91. The molecule has 1 unspecified atom stereocenters. The molecule has 1 saturated heterocycles. The standard InChI is InChI=1S/C13H18N2O2/c1-13(17)5-2-7-15(8-6-13)12-4-3-11(10-16)9-14-12/h3-4,9-10,17H,2,5-8H2,1H3. The van der Waals surface area contributed by atoms with Crippen LogP contribution in [0.1, 0.15) is 36.5 Å². The van der Waals surface area contributed by atoms with Crippen molar-refractivity contribution in [2.45, 2.75) is 31.8 Å². The number of hydrogen-bond donors (Lipinski definition) is 1. The molecule has 1 fully saturated rings. The van der Waals surface area contributed by atoms with Crippen LogP contribution in [0.15, 0.2) is 18.3 Å². The lowest BCUT2D eigenvalue weighted by Gasteiger charge is -2.23. The normalized spacial score (nSPS) is 25.4. The molecule has 0 saturated carbocycles. The number of pyridine rings is 1. The maximum atomic E-state index is 10.5. The molecular formula is C13H18N2O2. The summed E-state index contributed by atoms with van der Waals surface area (Å²) in [7, 11) is 0. The van der Waals surface area contributed by atoms with E-state index in [0.29, 0.717) is 5.56 Å². The van der Waals surface area contributed by atoms with Gasteiger partial charge in [0, 0.05) is 24.8 Å². The Morgan fingerprint density at radius 1 is 1.41 bits per heavy atom. The van der Waals surface area contributed by atoms with Crippen LogP contribution in [-0.4, -0.2) is 35.1 Å². The number of rotatable bonds is 2. The molecule has 0 spiro atoms. The van der Waals surface area contributed by atoms with Crippen LogP contribution in [0.4, 0.5) is 5.82 Å². The highest BCUT2D eigenvalue weighted by atomic mass is 16.3. The highest BCUT2D eigenvalue weighted by molar-refractivity contribution is 5.74. The lowest BCUT2D eigenvalue weighted by molar-refractivity contribution is 0.0481. The average Bonchev–Trinajstić information content (AvgIpc) is 2.50. The minimum absolute atomic E-state index is 0.558. The van der Waals surface area contributed by atoms with Crippen LogP contribution < -0.4 is 4.90 Å². The molecule has 1 aromatic heterocycles. The van der Waals surface area contributed by atoms with Crippen molar-refractivity contribution >= 4 is 12.1 Å². The average molecular weight is 234 g/mol. The van der Waals surface area contributed by atoms with E-state index >= 15 is 0 Å². The predicted molar refractivity (Wildman–Crippen MR) is 66.3 cm³/mol. The van der Waals surface area contributed by atoms with E-state index < -0.39 is 5.60 Å². The Morgan fingerprint density at radius 3 is 2.88 bits per heavy atom. The Labute approximate surface area is 101 Å². The molecular weight excluding hydrogens is 216 g/mol. The number of aromatic nitrogens is 1. The number of aldehydes is 1. The van der Waals surface area contributed by atoms with Crippen LogP contribution in [0.2, 0.25) is 0 Å². The van der Waals surface area contributed by atoms with Gasteiger partial charge in [-0.25, -0.2) is 4.98 Å². The third-order valence-corrected chi connectivity index (χ3v) is 3.29. The zero-order chi connectivity index (χ0) is 12.3. The number of hydrogen-bond acceptors (Lipinski definition) is 4. The van der Waals surface area contributed by atoms with Gasteiger partial charge in [0.25, 0.3) is 0 Å². The zero-order valence-electron chi connectivity index (χ0n) is 10.1. The van der Waals surface area contributed by atoms with Gasteiger partial charge in [0.05, 0.1) is 5.60 Å². The lowest BCUT2D eigenvalue weighted by atomic mass is 9.98. The topological polar surface area (TPSA) is 53.4 Å². The van der Waals surface area contributed by atoms with Gasteiger partial charge in [-0.15, -0.1) is 0 Å². The molecule has 1 aromatic rings. The van der Waals surface area contributed by atoms with E-state index in [0.717, 1.165) is 44.5 Å². The maximum Gasteiger partial charge on any atom is 0.151 e. The first-order chi connectivity index (χ1) is 8.11. The molecule has 4 heteroatoms. The third kappa shape index (κ3) is 3.03. The molecule has 0 aromatic carbocycles. The van der Waals surface area contributed by atoms with Crippen LogP contribution in [0.25, 0.3) is 0 Å². The summed E-state index contributed by atoms with van der Waals surface area (Å²) < 4.78 is 0.